The van der Waals surface area contributed by atoms with Gasteiger partial charge in [0.25, 0.3) is 0 Å². The molecule has 0 amide bonds. The molecular weight excluding hydrogens is 196 g/mol. The first-order chi connectivity index (χ1) is 7.10. The Morgan fingerprint density at radius 2 is 1.60 bits per heavy atom. The lowest BCUT2D eigenvalue weighted by Gasteiger charge is -2.02. The van der Waals surface area contributed by atoms with Crippen LogP contribution in [0.25, 0.3) is 0 Å². The maximum absolute atomic E-state index is 11.0. The first-order valence-electron chi connectivity index (χ1n) is 5.07. The topological polar surface area (TPSA) is 52.6 Å². The summed E-state index contributed by atoms with van der Waals surface area (Å²) in [5, 5.41) is 0. The molecule has 0 bridgehead atoms. The van der Waals surface area contributed by atoms with E-state index in [-0.39, 0.29) is 24.8 Å². The Hall–Kier alpha value is -1.32. The fraction of sp³-hybridized carbons (Fsp3) is 0.636. The highest BCUT2D eigenvalue weighted by Gasteiger charge is 2.04. The van der Waals surface area contributed by atoms with Crippen LogP contribution in [0, 0.1) is 0 Å². The summed E-state index contributed by atoms with van der Waals surface area (Å²) in [6.45, 7) is 6.06. The van der Waals surface area contributed by atoms with Crippen LogP contribution in [0.1, 0.15) is 33.6 Å². The van der Waals surface area contributed by atoms with Crippen LogP contribution in [0.3, 0.4) is 0 Å². The van der Waals surface area contributed by atoms with Gasteiger partial charge >= 0.3 is 11.9 Å². The van der Waals surface area contributed by atoms with Crippen LogP contribution in [0.2, 0.25) is 0 Å². The summed E-state index contributed by atoms with van der Waals surface area (Å²) in [4.78, 5) is 22.0. The van der Waals surface area contributed by atoms with Crippen molar-refractivity contribution in [1.29, 1.82) is 0 Å². The minimum Gasteiger partial charge on any atom is -0.466 e. The first kappa shape index (κ1) is 13.7. The Morgan fingerprint density at radius 3 is 2.13 bits per heavy atom. The maximum Gasteiger partial charge on any atom is 0.309 e. The van der Waals surface area contributed by atoms with Crippen LogP contribution in [-0.2, 0) is 19.1 Å². The van der Waals surface area contributed by atoms with Crippen LogP contribution in [0.4, 0.5) is 0 Å². The zero-order chi connectivity index (χ0) is 11.7. The second kappa shape index (κ2) is 8.03. The van der Waals surface area contributed by atoms with Gasteiger partial charge in [0, 0.05) is 0 Å². The van der Waals surface area contributed by atoms with Crippen molar-refractivity contribution in [2.75, 3.05) is 13.2 Å². The van der Waals surface area contributed by atoms with Crippen molar-refractivity contribution in [2.24, 2.45) is 0 Å². The van der Waals surface area contributed by atoms with Gasteiger partial charge in [-0.05, 0) is 20.8 Å². The van der Waals surface area contributed by atoms with Gasteiger partial charge in [0.05, 0.1) is 26.1 Å². The molecule has 86 valence electrons. The van der Waals surface area contributed by atoms with E-state index in [2.05, 4.69) is 0 Å². The molecule has 0 aromatic rings. The Labute approximate surface area is 90.2 Å². The van der Waals surface area contributed by atoms with Gasteiger partial charge in [-0.2, -0.15) is 0 Å². The molecule has 0 aromatic carbocycles. The van der Waals surface area contributed by atoms with Crippen molar-refractivity contribution in [3.8, 4) is 0 Å². The molecule has 0 atom stereocenters. The van der Waals surface area contributed by atoms with Crippen molar-refractivity contribution in [1.82, 2.24) is 0 Å². The van der Waals surface area contributed by atoms with Crippen molar-refractivity contribution in [3.63, 3.8) is 0 Å². The van der Waals surface area contributed by atoms with Crippen molar-refractivity contribution >= 4 is 11.9 Å². The smallest absolute Gasteiger partial charge is 0.309 e. The van der Waals surface area contributed by atoms with E-state index < -0.39 is 0 Å². The number of carbonyl (C=O) groups excluding carboxylic acids is 2. The zero-order valence-corrected chi connectivity index (χ0v) is 9.54. The summed E-state index contributed by atoms with van der Waals surface area (Å²) in [6.07, 6.45) is 2.13. The quantitative estimate of drug-likeness (QED) is 0.500. The Morgan fingerprint density at radius 1 is 1.07 bits per heavy atom. The van der Waals surface area contributed by atoms with Gasteiger partial charge in [0.2, 0.25) is 0 Å². The number of hydrogen-bond donors (Lipinski definition) is 0. The average Bonchev–Trinajstić information content (AvgIpc) is 2.15. The Balaban J connectivity index is 3.88. The second-order valence-electron chi connectivity index (χ2n) is 3.04. The van der Waals surface area contributed by atoms with Gasteiger partial charge in [0.15, 0.2) is 0 Å². The molecule has 0 rings (SSSR count). The predicted octanol–water partition coefficient (Wildman–Crippen LogP) is 1.84. The lowest BCUT2D eigenvalue weighted by atomic mass is 10.2. The first-order valence-corrected chi connectivity index (χ1v) is 5.07. The van der Waals surface area contributed by atoms with Crippen LogP contribution >= 0.6 is 0 Å². The van der Waals surface area contributed by atoms with E-state index in [1.807, 2.05) is 0 Å². The van der Waals surface area contributed by atoms with Crippen molar-refractivity contribution < 1.29 is 19.1 Å². The van der Waals surface area contributed by atoms with E-state index >= 15 is 0 Å². The molecule has 4 nitrogen and oxygen atoms in total. The van der Waals surface area contributed by atoms with Crippen LogP contribution in [-0.4, -0.2) is 25.2 Å². The van der Waals surface area contributed by atoms with Gasteiger partial charge < -0.3 is 9.47 Å². The second-order valence-corrected chi connectivity index (χ2v) is 3.04. The predicted molar refractivity (Wildman–Crippen MR) is 56.3 cm³/mol. The number of esters is 2. The molecular formula is C11H18O4. The third kappa shape index (κ3) is 7.73. The summed E-state index contributed by atoms with van der Waals surface area (Å²) in [5.74, 6) is -0.546. The third-order valence-corrected chi connectivity index (χ3v) is 1.65. The summed E-state index contributed by atoms with van der Waals surface area (Å²) in [7, 11) is 0. The average molecular weight is 214 g/mol. The molecule has 15 heavy (non-hydrogen) atoms. The molecule has 0 N–H and O–H groups in total. The van der Waals surface area contributed by atoms with Gasteiger partial charge in [-0.25, -0.2) is 0 Å². The minimum atomic E-state index is -0.277. The lowest BCUT2D eigenvalue weighted by Crippen LogP contribution is -2.05. The van der Waals surface area contributed by atoms with E-state index in [1.54, 1.807) is 26.8 Å². The lowest BCUT2D eigenvalue weighted by molar-refractivity contribution is -0.143. The highest BCUT2D eigenvalue weighted by molar-refractivity contribution is 5.74. The fourth-order valence-corrected chi connectivity index (χ4v) is 0.989. The van der Waals surface area contributed by atoms with E-state index in [0.29, 0.717) is 13.2 Å². The van der Waals surface area contributed by atoms with Gasteiger partial charge in [-0.1, -0.05) is 11.6 Å². The van der Waals surface area contributed by atoms with E-state index in [4.69, 9.17) is 9.47 Å². The molecule has 0 heterocycles. The maximum atomic E-state index is 11.0. The Bertz CT molecular complexity index is 243. The fourth-order valence-electron chi connectivity index (χ4n) is 0.989. The highest BCUT2D eigenvalue weighted by Crippen LogP contribution is 2.03. The zero-order valence-electron chi connectivity index (χ0n) is 9.54. The molecule has 0 spiro atoms. The van der Waals surface area contributed by atoms with Crippen molar-refractivity contribution in [3.05, 3.63) is 11.6 Å². The van der Waals surface area contributed by atoms with E-state index in [1.165, 1.54) is 0 Å². The summed E-state index contributed by atoms with van der Waals surface area (Å²) < 4.78 is 9.52. The molecule has 0 radical (unpaired) electrons. The largest absolute Gasteiger partial charge is 0.466 e. The molecule has 0 unspecified atom stereocenters. The number of carbonyl (C=O) groups is 2. The molecule has 0 aliphatic heterocycles. The molecule has 0 fully saturated rings. The molecule has 0 saturated carbocycles. The molecule has 4 heteroatoms. The monoisotopic (exact) mass is 214 g/mol. The van der Waals surface area contributed by atoms with Gasteiger partial charge in [-0.3, -0.25) is 9.59 Å². The molecule has 0 aromatic heterocycles. The summed E-state index contributed by atoms with van der Waals surface area (Å²) >= 11 is 0. The third-order valence-electron chi connectivity index (χ3n) is 1.65. The van der Waals surface area contributed by atoms with Crippen LogP contribution in [0.15, 0.2) is 11.6 Å². The summed E-state index contributed by atoms with van der Waals surface area (Å²) in [5.41, 5.74) is 0.821. The molecule has 0 aliphatic carbocycles. The number of ether oxygens (including phenoxy) is 2. The standard InChI is InChI=1S/C11H18O4/c1-4-14-10(12)7-6-9(3)8-11(13)15-5-2/h6H,4-5,7-8H2,1-3H3/b9-6+. The summed E-state index contributed by atoms with van der Waals surface area (Å²) in [6, 6.07) is 0. The highest BCUT2D eigenvalue weighted by atomic mass is 16.5. The Kier molecular flexibility index (Phi) is 7.32. The van der Waals surface area contributed by atoms with Crippen molar-refractivity contribution in [2.45, 2.75) is 33.6 Å². The number of hydrogen-bond acceptors (Lipinski definition) is 4. The molecule has 0 saturated heterocycles. The minimum absolute atomic E-state index is 0.207. The van der Waals surface area contributed by atoms with Gasteiger partial charge in [0.1, 0.15) is 0 Å². The van der Waals surface area contributed by atoms with E-state index in [0.717, 1.165) is 5.57 Å². The SMILES string of the molecule is CCOC(=O)C/C=C(\C)CC(=O)OCC. The van der Waals surface area contributed by atoms with Crippen LogP contribution in [0.5, 0.6) is 0 Å². The normalized spacial score (nSPS) is 11.0. The van der Waals surface area contributed by atoms with E-state index in [9.17, 15) is 9.59 Å². The number of rotatable bonds is 6. The van der Waals surface area contributed by atoms with Crippen LogP contribution < -0.4 is 0 Å². The van der Waals surface area contributed by atoms with Gasteiger partial charge in [-0.15, -0.1) is 0 Å². The molecule has 0 aliphatic rings.